The molecule has 1 N–H and O–H groups in total. The van der Waals surface area contributed by atoms with Crippen LogP contribution in [0, 0.1) is 6.92 Å². The van der Waals surface area contributed by atoms with Gasteiger partial charge in [-0.1, -0.05) is 0 Å². The lowest BCUT2D eigenvalue weighted by molar-refractivity contribution is -0.132. The van der Waals surface area contributed by atoms with Gasteiger partial charge in [0.15, 0.2) is 0 Å². The number of nitrogens with zero attached hydrogens (tertiary/aromatic N) is 3. The van der Waals surface area contributed by atoms with Gasteiger partial charge in [-0.05, 0) is 13.8 Å². The Labute approximate surface area is 104 Å². The normalized spacial score (nSPS) is 11.4. The van der Waals surface area contributed by atoms with E-state index in [9.17, 15) is 13.2 Å². The van der Waals surface area contributed by atoms with E-state index < -0.39 is 12.6 Å². The molecule has 1 aromatic rings. The number of aromatic nitrogens is 2. The van der Waals surface area contributed by atoms with Gasteiger partial charge in [0.1, 0.15) is 18.0 Å². The third-order valence-electron chi connectivity index (χ3n) is 2.49. The van der Waals surface area contributed by atoms with Crippen molar-refractivity contribution in [2.75, 3.05) is 30.4 Å². The summed E-state index contributed by atoms with van der Waals surface area (Å²) in [5.41, 5.74) is 0.754. The van der Waals surface area contributed by atoms with Gasteiger partial charge < -0.3 is 10.2 Å². The third kappa shape index (κ3) is 4.05. The van der Waals surface area contributed by atoms with E-state index in [0.717, 1.165) is 5.56 Å². The topological polar surface area (TPSA) is 41.1 Å². The Bertz CT molecular complexity index is 392. The molecule has 0 atom stereocenters. The van der Waals surface area contributed by atoms with Crippen LogP contribution in [0.1, 0.15) is 18.9 Å². The molecule has 1 aromatic heterocycles. The zero-order valence-corrected chi connectivity index (χ0v) is 10.7. The molecule has 0 aliphatic heterocycles. The predicted molar refractivity (Wildman–Crippen MR) is 64.9 cm³/mol. The Morgan fingerprint density at radius 2 is 2.00 bits per heavy atom. The van der Waals surface area contributed by atoms with Crippen molar-refractivity contribution >= 4 is 11.6 Å². The number of rotatable bonds is 5. The van der Waals surface area contributed by atoms with Gasteiger partial charge in [-0.15, -0.1) is 0 Å². The number of hydrogen-bond acceptors (Lipinski definition) is 4. The standard InChI is InChI=1S/C11H17F3N4/c1-4-15-9-8(2)10(17-7-16-9)18(3)6-5-11(12,13)14/h7H,4-6H2,1-3H3,(H,15,16,17). The van der Waals surface area contributed by atoms with Gasteiger partial charge in [0.25, 0.3) is 0 Å². The van der Waals surface area contributed by atoms with E-state index in [0.29, 0.717) is 18.2 Å². The van der Waals surface area contributed by atoms with Crippen molar-refractivity contribution in [3.05, 3.63) is 11.9 Å². The van der Waals surface area contributed by atoms with Crippen LogP contribution in [0.4, 0.5) is 24.8 Å². The second-order valence-electron chi connectivity index (χ2n) is 3.99. The summed E-state index contributed by atoms with van der Waals surface area (Å²) in [4.78, 5) is 9.57. The summed E-state index contributed by atoms with van der Waals surface area (Å²) in [5.74, 6) is 1.17. The van der Waals surface area contributed by atoms with E-state index in [2.05, 4.69) is 15.3 Å². The number of alkyl halides is 3. The Kier molecular flexibility index (Phi) is 4.75. The monoisotopic (exact) mass is 262 g/mol. The molecule has 0 spiro atoms. The maximum Gasteiger partial charge on any atom is 0.390 e. The van der Waals surface area contributed by atoms with Gasteiger partial charge in [-0.2, -0.15) is 13.2 Å². The highest BCUT2D eigenvalue weighted by Gasteiger charge is 2.27. The number of halogens is 3. The Balaban J connectivity index is 2.79. The van der Waals surface area contributed by atoms with Crippen LogP contribution in [0.2, 0.25) is 0 Å². The fraction of sp³-hybridized carbons (Fsp3) is 0.636. The fourth-order valence-electron chi connectivity index (χ4n) is 1.57. The largest absolute Gasteiger partial charge is 0.390 e. The first kappa shape index (κ1) is 14.5. The summed E-state index contributed by atoms with van der Waals surface area (Å²) in [6.07, 6.45) is -3.66. The quantitative estimate of drug-likeness (QED) is 0.885. The van der Waals surface area contributed by atoms with E-state index in [-0.39, 0.29) is 6.54 Å². The SMILES string of the molecule is CCNc1ncnc(N(C)CCC(F)(F)F)c1C. The zero-order chi connectivity index (χ0) is 13.8. The molecule has 0 aliphatic rings. The lowest BCUT2D eigenvalue weighted by Crippen LogP contribution is -2.25. The minimum Gasteiger partial charge on any atom is -0.370 e. The van der Waals surface area contributed by atoms with Crippen LogP contribution in [-0.4, -0.2) is 36.3 Å². The Morgan fingerprint density at radius 1 is 1.33 bits per heavy atom. The lowest BCUT2D eigenvalue weighted by Gasteiger charge is -2.21. The average molecular weight is 262 g/mol. The summed E-state index contributed by atoms with van der Waals surface area (Å²) in [6, 6.07) is 0. The van der Waals surface area contributed by atoms with Crippen LogP contribution in [0.15, 0.2) is 6.33 Å². The minimum atomic E-state index is -4.15. The van der Waals surface area contributed by atoms with E-state index in [1.165, 1.54) is 11.2 Å². The van der Waals surface area contributed by atoms with Gasteiger partial charge in [0, 0.05) is 25.7 Å². The number of nitrogens with one attached hydrogen (secondary N) is 1. The van der Waals surface area contributed by atoms with E-state index in [1.807, 2.05) is 6.92 Å². The average Bonchev–Trinajstić information content (AvgIpc) is 2.28. The van der Waals surface area contributed by atoms with Crippen molar-refractivity contribution < 1.29 is 13.2 Å². The van der Waals surface area contributed by atoms with Crippen LogP contribution in [0.3, 0.4) is 0 Å². The summed E-state index contributed by atoms with van der Waals surface area (Å²) in [7, 11) is 1.59. The molecule has 0 bridgehead atoms. The molecule has 1 rings (SSSR count). The van der Waals surface area contributed by atoms with Crippen LogP contribution in [-0.2, 0) is 0 Å². The molecule has 0 saturated carbocycles. The molecule has 0 fully saturated rings. The van der Waals surface area contributed by atoms with Crippen molar-refractivity contribution in [3.63, 3.8) is 0 Å². The molecule has 0 unspecified atom stereocenters. The highest BCUT2D eigenvalue weighted by molar-refractivity contribution is 5.57. The highest BCUT2D eigenvalue weighted by Crippen LogP contribution is 2.24. The summed E-state index contributed by atoms with van der Waals surface area (Å²) in [5, 5.41) is 3.04. The first-order chi connectivity index (χ1) is 8.35. The molecule has 0 aliphatic carbocycles. The second-order valence-corrected chi connectivity index (χ2v) is 3.99. The maximum absolute atomic E-state index is 12.2. The first-order valence-electron chi connectivity index (χ1n) is 5.68. The molecule has 1 heterocycles. The molecule has 7 heteroatoms. The predicted octanol–water partition coefficient (Wildman–Crippen LogP) is 2.61. The smallest absolute Gasteiger partial charge is 0.370 e. The number of anilines is 2. The summed E-state index contributed by atoms with van der Waals surface area (Å²) < 4.78 is 36.5. The summed E-state index contributed by atoms with van der Waals surface area (Å²) >= 11 is 0. The van der Waals surface area contributed by atoms with Crippen LogP contribution in [0.5, 0.6) is 0 Å². The van der Waals surface area contributed by atoms with Crippen molar-refractivity contribution in [2.45, 2.75) is 26.4 Å². The second kappa shape index (κ2) is 5.88. The van der Waals surface area contributed by atoms with Crippen molar-refractivity contribution in [3.8, 4) is 0 Å². The van der Waals surface area contributed by atoms with Crippen LogP contribution in [0.25, 0.3) is 0 Å². The third-order valence-corrected chi connectivity index (χ3v) is 2.49. The van der Waals surface area contributed by atoms with Crippen LogP contribution >= 0.6 is 0 Å². The molecule has 0 saturated heterocycles. The molecule has 0 amide bonds. The van der Waals surface area contributed by atoms with Gasteiger partial charge in [0.05, 0.1) is 6.42 Å². The molecule has 102 valence electrons. The highest BCUT2D eigenvalue weighted by atomic mass is 19.4. The Hall–Kier alpha value is -1.53. The first-order valence-corrected chi connectivity index (χ1v) is 5.68. The summed E-state index contributed by atoms with van der Waals surface area (Å²) in [6.45, 7) is 4.29. The molecular formula is C11H17F3N4. The molecule has 0 aromatic carbocycles. The van der Waals surface area contributed by atoms with Gasteiger partial charge in [0.2, 0.25) is 0 Å². The minimum absolute atomic E-state index is 0.118. The lowest BCUT2D eigenvalue weighted by atomic mass is 10.2. The van der Waals surface area contributed by atoms with Crippen molar-refractivity contribution in [2.24, 2.45) is 0 Å². The zero-order valence-electron chi connectivity index (χ0n) is 10.7. The Morgan fingerprint density at radius 3 is 2.56 bits per heavy atom. The fourth-order valence-corrected chi connectivity index (χ4v) is 1.57. The van der Waals surface area contributed by atoms with Crippen LogP contribution < -0.4 is 10.2 Å². The molecule has 0 radical (unpaired) electrons. The van der Waals surface area contributed by atoms with E-state index in [4.69, 9.17) is 0 Å². The number of hydrogen-bond donors (Lipinski definition) is 1. The molecule has 4 nitrogen and oxygen atoms in total. The van der Waals surface area contributed by atoms with E-state index >= 15 is 0 Å². The van der Waals surface area contributed by atoms with Crippen molar-refractivity contribution in [1.29, 1.82) is 0 Å². The maximum atomic E-state index is 12.2. The van der Waals surface area contributed by atoms with Gasteiger partial charge >= 0.3 is 6.18 Å². The van der Waals surface area contributed by atoms with Crippen molar-refractivity contribution in [1.82, 2.24) is 9.97 Å². The molecule has 18 heavy (non-hydrogen) atoms. The van der Waals surface area contributed by atoms with Gasteiger partial charge in [-0.25, -0.2) is 9.97 Å². The van der Waals surface area contributed by atoms with E-state index in [1.54, 1.807) is 14.0 Å². The van der Waals surface area contributed by atoms with Gasteiger partial charge in [-0.3, -0.25) is 0 Å². The molecular weight excluding hydrogens is 245 g/mol.